The van der Waals surface area contributed by atoms with Gasteiger partial charge in [0.1, 0.15) is 5.57 Å². The Kier molecular flexibility index (Phi) is 5.43. The molecule has 1 aromatic heterocycles. The van der Waals surface area contributed by atoms with Gasteiger partial charge in [-0.1, -0.05) is 30.3 Å². The summed E-state index contributed by atoms with van der Waals surface area (Å²) in [4.78, 5) is 20.0. The van der Waals surface area contributed by atoms with Crippen molar-refractivity contribution in [1.82, 2.24) is 4.98 Å². The van der Waals surface area contributed by atoms with Crippen LogP contribution in [0.4, 0.5) is 0 Å². The Morgan fingerprint density at radius 2 is 2.14 bits per heavy atom. The van der Waals surface area contributed by atoms with Gasteiger partial charge in [-0.2, -0.15) is 0 Å². The van der Waals surface area contributed by atoms with E-state index < -0.39 is 5.97 Å². The summed E-state index contributed by atoms with van der Waals surface area (Å²) in [6.07, 6.45) is 1.27. The minimum atomic E-state index is -0.623. The van der Waals surface area contributed by atoms with Crippen LogP contribution >= 0.6 is 11.3 Å². The number of benzene rings is 1. The van der Waals surface area contributed by atoms with E-state index in [2.05, 4.69) is 9.98 Å². The molecular formula is C16H16N2O3S. The van der Waals surface area contributed by atoms with Crippen LogP contribution in [0.3, 0.4) is 0 Å². The van der Waals surface area contributed by atoms with Crippen LogP contribution in [0.25, 0.3) is 17.0 Å². The first kappa shape index (κ1) is 15.9. The third-order valence-electron chi connectivity index (χ3n) is 2.78. The van der Waals surface area contributed by atoms with E-state index >= 15 is 0 Å². The molecule has 0 aliphatic heterocycles. The molecule has 1 heterocycles. The molecule has 0 saturated heterocycles. The van der Waals surface area contributed by atoms with Crippen LogP contribution in [-0.4, -0.2) is 35.9 Å². The van der Waals surface area contributed by atoms with Gasteiger partial charge in [-0.25, -0.2) is 9.78 Å². The predicted molar refractivity (Wildman–Crippen MR) is 88.1 cm³/mol. The number of nitrogens with zero attached hydrogens (tertiary/aromatic N) is 2. The fourth-order valence-electron chi connectivity index (χ4n) is 1.79. The number of ether oxygens (including phenoxy) is 1. The first-order valence-electron chi connectivity index (χ1n) is 6.71. The number of aliphatic hydroxyl groups is 1. The molecule has 2 aromatic rings. The molecule has 2 rings (SSSR count). The van der Waals surface area contributed by atoms with Gasteiger partial charge in [-0.3, -0.25) is 4.99 Å². The maximum absolute atomic E-state index is 11.9. The van der Waals surface area contributed by atoms with Crippen molar-refractivity contribution in [1.29, 1.82) is 0 Å². The highest BCUT2D eigenvalue weighted by molar-refractivity contribution is 7.11. The van der Waals surface area contributed by atoms with Crippen LogP contribution < -0.4 is 0 Å². The first-order chi connectivity index (χ1) is 10.7. The summed E-state index contributed by atoms with van der Waals surface area (Å²) in [7, 11) is 1.52. The number of hydrogen-bond donors (Lipinski definition) is 1. The van der Waals surface area contributed by atoms with Gasteiger partial charge in [-0.15, -0.1) is 11.3 Å². The van der Waals surface area contributed by atoms with Crippen LogP contribution in [0.5, 0.6) is 0 Å². The Morgan fingerprint density at radius 1 is 1.41 bits per heavy atom. The van der Waals surface area contributed by atoms with Crippen LogP contribution in [0.2, 0.25) is 0 Å². The Hall–Kier alpha value is -2.47. The lowest BCUT2D eigenvalue weighted by Crippen LogP contribution is -2.11. The maximum atomic E-state index is 11.9. The van der Waals surface area contributed by atoms with Crippen LogP contribution in [-0.2, 0) is 9.53 Å². The van der Waals surface area contributed by atoms with E-state index in [0.717, 1.165) is 11.3 Å². The summed E-state index contributed by atoms with van der Waals surface area (Å²) in [6.45, 7) is 1.92. The van der Waals surface area contributed by atoms with Gasteiger partial charge < -0.3 is 9.84 Å². The van der Waals surface area contributed by atoms with Crippen molar-refractivity contribution in [2.24, 2.45) is 4.99 Å². The fraction of sp³-hybridized carbons (Fsp3) is 0.188. The standard InChI is InChI=1S/C16H16N2O3S/c1-3-21-16(20)12(9-17-2)14(19)15-18-13(10-22-15)11-7-5-4-6-8-11/h4-10,19H,3H2,1-2H3. The van der Waals surface area contributed by atoms with E-state index in [0.29, 0.717) is 5.01 Å². The zero-order valence-corrected chi connectivity index (χ0v) is 13.1. The van der Waals surface area contributed by atoms with Gasteiger partial charge in [0, 0.05) is 24.2 Å². The molecule has 0 aliphatic rings. The molecule has 1 aromatic carbocycles. The molecule has 5 nitrogen and oxygen atoms in total. The SMILES string of the molecule is CCOC(=O)C(C=NC)=C(O)c1nc(-c2ccccc2)cs1. The Balaban J connectivity index is 2.39. The highest BCUT2D eigenvalue weighted by atomic mass is 32.1. The third-order valence-corrected chi connectivity index (χ3v) is 3.63. The molecule has 0 amide bonds. The lowest BCUT2D eigenvalue weighted by molar-refractivity contribution is -0.137. The van der Waals surface area contributed by atoms with Crippen molar-refractivity contribution >= 4 is 29.3 Å². The van der Waals surface area contributed by atoms with Crippen LogP contribution in [0.15, 0.2) is 46.3 Å². The van der Waals surface area contributed by atoms with Crippen molar-refractivity contribution in [3.05, 3.63) is 46.3 Å². The number of thiazole rings is 1. The summed E-state index contributed by atoms with van der Waals surface area (Å²) in [5, 5.41) is 12.5. The van der Waals surface area contributed by atoms with Crippen molar-refractivity contribution in [3.63, 3.8) is 0 Å². The van der Waals surface area contributed by atoms with Crippen LogP contribution in [0, 0.1) is 0 Å². The average molecular weight is 316 g/mol. The van der Waals surface area contributed by atoms with Crippen molar-refractivity contribution < 1.29 is 14.6 Å². The van der Waals surface area contributed by atoms with Crippen LogP contribution in [0.1, 0.15) is 11.9 Å². The van der Waals surface area contributed by atoms with E-state index in [9.17, 15) is 9.90 Å². The predicted octanol–water partition coefficient (Wildman–Crippen LogP) is 3.34. The van der Waals surface area contributed by atoms with Crippen molar-refractivity contribution in [3.8, 4) is 11.3 Å². The Labute approximate surface area is 132 Å². The van der Waals surface area contributed by atoms with Gasteiger partial charge in [0.25, 0.3) is 0 Å². The fourth-order valence-corrected chi connectivity index (χ4v) is 2.57. The lowest BCUT2D eigenvalue weighted by Gasteiger charge is -2.04. The molecule has 0 atom stereocenters. The highest BCUT2D eigenvalue weighted by Gasteiger charge is 2.18. The summed E-state index contributed by atoms with van der Waals surface area (Å²) in [5.74, 6) is -0.849. The molecule has 0 radical (unpaired) electrons. The topological polar surface area (TPSA) is 71.8 Å². The van der Waals surface area contributed by atoms with E-state index in [1.165, 1.54) is 24.6 Å². The summed E-state index contributed by atoms with van der Waals surface area (Å²) >= 11 is 1.25. The van der Waals surface area contributed by atoms with E-state index in [1.807, 2.05) is 35.7 Å². The number of carbonyl (C=O) groups excluding carboxylic acids is 1. The minimum absolute atomic E-state index is 0.00156. The first-order valence-corrected chi connectivity index (χ1v) is 7.59. The summed E-state index contributed by atoms with van der Waals surface area (Å²) < 4.78 is 4.92. The molecule has 0 aliphatic carbocycles. The molecule has 0 fully saturated rings. The number of hydrogen-bond acceptors (Lipinski definition) is 6. The molecule has 6 heteroatoms. The zero-order valence-electron chi connectivity index (χ0n) is 12.3. The zero-order chi connectivity index (χ0) is 15.9. The molecular weight excluding hydrogens is 300 g/mol. The largest absolute Gasteiger partial charge is 0.504 e. The Morgan fingerprint density at radius 3 is 2.77 bits per heavy atom. The number of aromatic nitrogens is 1. The summed E-state index contributed by atoms with van der Waals surface area (Å²) in [6, 6.07) is 9.61. The second-order valence-electron chi connectivity index (χ2n) is 4.27. The number of aliphatic imine (C=N–C) groups is 1. The smallest absolute Gasteiger partial charge is 0.343 e. The molecule has 1 N–H and O–H groups in total. The van der Waals surface area contributed by atoms with Gasteiger partial charge >= 0.3 is 5.97 Å². The maximum Gasteiger partial charge on any atom is 0.343 e. The van der Waals surface area contributed by atoms with Crippen molar-refractivity contribution in [2.75, 3.05) is 13.7 Å². The van der Waals surface area contributed by atoms with Gasteiger partial charge in [0.05, 0.1) is 12.3 Å². The molecule has 0 unspecified atom stereocenters. The molecule has 0 spiro atoms. The molecule has 0 saturated carbocycles. The monoisotopic (exact) mass is 316 g/mol. The highest BCUT2D eigenvalue weighted by Crippen LogP contribution is 2.26. The molecule has 114 valence electrons. The molecule has 22 heavy (non-hydrogen) atoms. The second-order valence-corrected chi connectivity index (χ2v) is 5.13. The minimum Gasteiger partial charge on any atom is -0.504 e. The normalized spacial score (nSPS) is 12.3. The van der Waals surface area contributed by atoms with Gasteiger partial charge in [0.15, 0.2) is 10.8 Å². The third kappa shape index (κ3) is 3.59. The summed E-state index contributed by atoms with van der Waals surface area (Å²) in [5.41, 5.74) is 1.68. The second kappa shape index (κ2) is 7.51. The molecule has 0 bridgehead atoms. The van der Waals surface area contributed by atoms with E-state index in [4.69, 9.17) is 4.74 Å². The van der Waals surface area contributed by atoms with Gasteiger partial charge in [0.2, 0.25) is 0 Å². The number of carbonyl (C=O) groups is 1. The Bertz CT molecular complexity index is 705. The average Bonchev–Trinajstić information content (AvgIpc) is 3.03. The number of aliphatic hydroxyl groups excluding tert-OH is 1. The van der Waals surface area contributed by atoms with Crippen molar-refractivity contribution in [2.45, 2.75) is 6.92 Å². The quantitative estimate of drug-likeness (QED) is 0.397. The lowest BCUT2D eigenvalue weighted by atomic mass is 10.2. The van der Waals surface area contributed by atoms with E-state index in [1.54, 1.807) is 6.92 Å². The van der Waals surface area contributed by atoms with E-state index in [-0.39, 0.29) is 17.9 Å². The number of rotatable bonds is 5. The number of esters is 1. The van der Waals surface area contributed by atoms with Gasteiger partial charge in [-0.05, 0) is 6.92 Å².